The Morgan fingerprint density at radius 1 is 1.05 bits per heavy atom. The molecule has 7 nitrogen and oxygen atoms in total. The van der Waals surface area contributed by atoms with Gasteiger partial charge in [-0.25, -0.2) is 4.79 Å². The fourth-order valence-corrected chi connectivity index (χ4v) is 3.07. The number of carbonyl (C=O) groups excluding carboxylic acids is 3. The molecule has 0 spiro atoms. The lowest BCUT2D eigenvalue weighted by Crippen LogP contribution is -2.47. The number of ketones is 1. The molecular weight excluding hydrogens is 468 g/mol. The highest BCUT2D eigenvalue weighted by Crippen LogP contribution is 2.20. The van der Waals surface area contributed by atoms with Crippen molar-refractivity contribution in [3.05, 3.63) is 66.0 Å². The van der Waals surface area contributed by atoms with Crippen molar-refractivity contribution in [3.8, 4) is 5.75 Å². The minimum absolute atomic E-state index is 0.185. The van der Waals surface area contributed by atoms with Gasteiger partial charge in [0.1, 0.15) is 28.9 Å². The van der Waals surface area contributed by atoms with E-state index in [1.165, 1.54) is 4.90 Å². The molecule has 0 saturated carbocycles. The molecule has 1 aliphatic carbocycles. The largest absolute Gasteiger partial charge is 0.457 e. The Bertz CT molecular complexity index is 925. The number of hydrogen-bond donors (Lipinski definition) is 1. The molecular formula is C30H46N2O5. The molecule has 0 fully saturated rings. The molecule has 1 aliphatic rings. The maximum Gasteiger partial charge on any atom is 0.408 e. The summed E-state index contributed by atoms with van der Waals surface area (Å²) in [5.41, 5.74) is 0.371. The van der Waals surface area contributed by atoms with E-state index < -0.39 is 17.7 Å². The van der Waals surface area contributed by atoms with Crippen LogP contribution in [0, 0.1) is 0 Å². The predicted molar refractivity (Wildman–Crippen MR) is 150 cm³/mol. The van der Waals surface area contributed by atoms with Gasteiger partial charge in [0.25, 0.3) is 0 Å². The second kappa shape index (κ2) is 18.0. The average Bonchev–Trinajstić information content (AvgIpc) is 3.04. The number of amides is 2. The molecule has 0 unspecified atom stereocenters. The molecule has 0 saturated heterocycles. The van der Waals surface area contributed by atoms with Crippen molar-refractivity contribution in [3.63, 3.8) is 0 Å². The maximum absolute atomic E-state index is 12.6. The molecule has 0 heterocycles. The van der Waals surface area contributed by atoms with Crippen LogP contribution >= 0.6 is 0 Å². The van der Waals surface area contributed by atoms with Crippen molar-refractivity contribution in [2.75, 3.05) is 14.1 Å². The fourth-order valence-electron chi connectivity index (χ4n) is 3.07. The average molecular weight is 515 g/mol. The van der Waals surface area contributed by atoms with Gasteiger partial charge in [-0.2, -0.15) is 0 Å². The number of benzene rings is 1. The first-order chi connectivity index (χ1) is 17.4. The first-order valence-corrected chi connectivity index (χ1v) is 12.9. The summed E-state index contributed by atoms with van der Waals surface area (Å²) in [6.07, 6.45) is 9.85. The number of likely N-dealkylation sites (N-methyl/N-ethyl adjacent to an activating group) is 1. The summed E-state index contributed by atoms with van der Waals surface area (Å²) in [7, 11) is 3.33. The van der Waals surface area contributed by atoms with Gasteiger partial charge in [-0.15, -0.1) is 0 Å². The number of ether oxygens (including phenoxy) is 2. The lowest BCUT2D eigenvalue weighted by atomic mass is 10.0. The number of nitrogens with zero attached hydrogens (tertiary/aromatic N) is 1. The van der Waals surface area contributed by atoms with Crippen LogP contribution in [0.25, 0.3) is 0 Å². The van der Waals surface area contributed by atoms with Crippen LogP contribution < -0.4 is 10.1 Å². The molecule has 0 radical (unpaired) electrons. The number of allylic oxidation sites excluding steroid dienone is 4. The Morgan fingerprint density at radius 3 is 2.16 bits per heavy atom. The molecule has 1 aromatic carbocycles. The lowest BCUT2D eigenvalue weighted by Gasteiger charge is -2.25. The zero-order chi connectivity index (χ0) is 28.4. The van der Waals surface area contributed by atoms with Crippen LogP contribution in [0.3, 0.4) is 0 Å². The molecule has 0 aliphatic heterocycles. The van der Waals surface area contributed by atoms with E-state index in [0.29, 0.717) is 18.6 Å². The van der Waals surface area contributed by atoms with Crippen LogP contribution in [0.5, 0.6) is 5.75 Å². The van der Waals surface area contributed by atoms with Crippen molar-refractivity contribution < 1.29 is 23.9 Å². The highest BCUT2D eigenvalue weighted by Gasteiger charge is 2.26. The normalized spacial score (nSPS) is 13.1. The predicted octanol–water partition coefficient (Wildman–Crippen LogP) is 6.61. The summed E-state index contributed by atoms with van der Waals surface area (Å²) in [5, 5.41) is 2.70. The van der Waals surface area contributed by atoms with E-state index in [4.69, 9.17) is 9.47 Å². The van der Waals surface area contributed by atoms with Crippen molar-refractivity contribution in [2.24, 2.45) is 0 Å². The Kier molecular flexibility index (Phi) is 16.4. The number of Topliss-reactive ketones (excluding diaryl/α,β-unsaturated/α-hetero) is 1. The molecule has 1 atom stereocenters. The highest BCUT2D eigenvalue weighted by molar-refractivity contribution is 5.85. The summed E-state index contributed by atoms with van der Waals surface area (Å²) in [5.74, 6) is 1.57. The maximum atomic E-state index is 12.6. The number of alkyl carbamates (subject to hydrolysis) is 1. The van der Waals surface area contributed by atoms with Gasteiger partial charge >= 0.3 is 6.09 Å². The molecule has 206 valence electrons. The van der Waals surface area contributed by atoms with Gasteiger partial charge < -0.3 is 24.5 Å². The summed E-state index contributed by atoms with van der Waals surface area (Å²) < 4.78 is 11.2. The van der Waals surface area contributed by atoms with Gasteiger partial charge in [0, 0.05) is 20.5 Å². The van der Waals surface area contributed by atoms with Crippen LogP contribution in [0.2, 0.25) is 0 Å². The molecule has 2 rings (SSSR count). The summed E-state index contributed by atoms with van der Waals surface area (Å²) in [6.45, 7) is 13.0. The zero-order valence-corrected chi connectivity index (χ0v) is 24.1. The van der Waals surface area contributed by atoms with Crippen LogP contribution in [0.1, 0.15) is 74.1 Å². The first-order valence-electron chi connectivity index (χ1n) is 12.9. The fraction of sp³-hybridized carbons (Fsp3) is 0.500. The highest BCUT2D eigenvalue weighted by atomic mass is 16.6. The number of hydrogen-bond acceptors (Lipinski definition) is 5. The summed E-state index contributed by atoms with van der Waals surface area (Å²) in [6, 6.07) is 8.84. The summed E-state index contributed by atoms with van der Waals surface area (Å²) >= 11 is 0. The van der Waals surface area contributed by atoms with Gasteiger partial charge in [-0.1, -0.05) is 56.7 Å². The van der Waals surface area contributed by atoms with Crippen LogP contribution in [-0.4, -0.2) is 48.4 Å². The van der Waals surface area contributed by atoms with E-state index in [1.807, 2.05) is 75.4 Å². The monoisotopic (exact) mass is 514 g/mol. The van der Waals surface area contributed by atoms with Crippen LogP contribution in [-0.2, 0) is 14.3 Å². The van der Waals surface area contributed by atoms with Crippen molar-refractivity contribution >= 4 is 17.8 Å². The third-order valence-electron chi connectivity index (χ3n) is 4.62. The molecule has 2 amide bonds. The quantitative estimate of drug-likeness (QED) is 0.422. The minimum Gasteiger partial charge on any atom is -0.457 e. The van der Waals surface area contributed by atoms with Gasteiger partial charge in [-0.05, 0) is 71.2 Å². The topological polar surface area (TPSA) is 84.9 Å². The first kappa shape index (κ1) is 33.7. The van der Waals surface area contributed by atoms with Gasteiger partial charge in [-0.3, -0.25) is 4.79 Å². The SMILES string of the molecule is CC.CCCC(C)=O.CN(C)C(=O)[C@H](CC1=CC=C(Oc2ccccc2)C=CC1)NC(=O)OC(C)(C)C. The van der Waals surface area contributed by atoms with E-state index in [0.717, 1.165) is 24.2 Å². The Balaban J connectivity index is 0.00000142. The molecule has 37 heavy (non-hydrogen) atoms. The molecule has 0 bridgehead atoms. The van der Waals surface area contributed by atoms with Crippen molar-refractivity contribution in [1.82, 2.24) is 10.2 Å². The van der Waals surface area contributed by atoms with Gasteiger partial charge in [0.15, 0.2) is 0 Å². The molecule has 1 aromatic rings. The minimum atomic E-state index is -0.704. The summed E-state index contributed by atoms with van der Waals surface area (Å²) in [4.78, 5) is 36.3. The molecule has 1 N–H and O–H groups in total. The third kappa shape index (κ3) is 16.1. The van der Waals surface area contributed by atoms with Crippen molar-refractivity contribution in [1.29, 1.82) is 0 Å². The third-order valence-corrected chi connectivity index (χ3v) is 4.62. The van der Waals surface area contributed by atoms with Gasteiger partial charge in [0.2, 0.25) is 5.91 Å². The zero-order valence-electron chi connectivity index (χ0n) is 24.1. The molecule has 7 heteroatoms. The second-order valence-corrected chi connectivity index (χ2v) is 9.50. The Labute approximate surface area is 223 Å². The molecule has 0 aromatic heterocycles. The Hall–Kier alpha value is -3.35. The second-order valence-electron chi connectivity index (χ2n) is 9.50. The van der Waals surface area contributed by atoms with Crippen LogP contribution in [0.15, 0.2) is 66.0 Å². The van der Waals surface area contributed by atoms with E-state index in [9.17, 15) is 14.4 Å². The van der Waals surface area contributed by atoms with E-state index in [2.05, 4.69) is 5.32 Å². The Morgan fingerprint density at radius 2 is 1.68 bits per heavy atom. The van der Waals surface area contributed by atoms with E-state index >= 15 is 0 Å². The lowest BCUT2D eigenvalue weighted by molar-refractivity contribution is -0.130. The number of para-hydroxylation sites is 1. The van der Waals surface area contributed by atoms with Crippen molar-refractivity contribution in [2.45, 2.75) is 85.8 Å². The standard InChI is InChI=1S/C23H30N2O4.C5H10O.C2H6/c1-23(2,3)29-22(27)24-20(21(26)25(4)5)16-17-10-9-13-19(15-14-17)28-18-11-7-6-8-12-18;1-3-4-5(2)6;1-2/h6-9,11-15,20H,10,16H2,1-5H3,(H,24,27);3-4H2,1-2H3;1-2H3/t20-;;/m0../s1. The van der Waals surface area contributed by atoms with Crippen LogP contribution in [0.4, 0.5) is 4.79 Å². The number of rotatable bonds is 8. The van der Waals surface area contributed by atoms with Gasteiger partial charge in [0.05, 0.1) is 0 Å². The number of nitrogens with one attached hydrogen (secondary N) is 1. The van der Waals surface area contributed by atoms with E-state index in [-0.39, 0.29) is 11.7 Å². The number of carbonyl (C=O) groups is 3. The van der Waals surface area contributed by atoms with E-state index in [1.54, 1.807) is 41.8 Å². The smallest absolute Gasteiger partial charge is 0.408 e.